The van der Waals surface area contributed by atoms with E-state index in [0.29, 0.717) is 22.9 Å². The van der Waals surface area contributed by atoms with Crippen LogP contribution >= 0.6 is 24.0 Å². The Morgan fingerprint density at radius 3 is 2.24 bits per heavy atom. The quantitative estimate of drug-likeness (QED) is 0.177. The highest BCUT2D eigenvalue weighted by atomic mass is 32.2. The maximum absolute atomic E-state index is 13.5. The van der Waals surface area contributed by atoms with Crippen molar-refractivity contribution in [1.29, 1.82) is 0 Å². The predicted octanol–water partition coefficient (Wildman–Crippen LogP) is 5.43. The van der Waals surface area contributed by atoms with Crippen LogP contribution in [0.3, 0.4) is 0 Å². The van der Waals surface area contributed by atoms with E-state index in [1.165, 1.54) is 22.6 Å². The zero-order chi connectivity index (χ0) is 28.5. The van der Waals surface area contributed by atoms with E-state index < -0.39 is 0 Å². The number of amides is 2. The second-order valence-electron chi connectivity index (χ2n) is 10.2. The zero-order valence-electron chi connectivity index (χ0n) is 22.3. The highest BCUT2D eigenvalue weighted by Gasteiger charge is 2.34. The summed E-state index contributed by atoms with van der Waals surface area (Å²) in [4.78, 5) is 32.8. The molecular weight excluding hydrogens is 555 g/mol. The molecule has 41 heavy (non-hydrogen) atoms. The molecular formula is C32H29N3O4S2. The third-order valence-electron chi connectivity index (χ3n) is 7.72. The van der Waals surface area contributed by atoms with Crippen molar-refractivity contribution in [3.63, 3.8) is 0 Å². The summed E-state index contributed by atoms with van der Waals surface area (Å²) in [5, 5.41) is 21.0. The van der Waals surface area contributed by atoms with E-state index in [4.69, 9.17) is 12.2 Å². The van der Waals surface area contributed by atoms with Gasteiger partial charge in [-0.1, -0.05) is 72.5 Å². The van der Waals surface area contributed by atoms with Crippen molar-refractivity contribution in [1.82, 2.24) is 9.80 Å². The molecule has 1 fully saturated rings. The number of thioether (sulfide) groups is 1. The summed E-state index contributed by atoms with van der Waals surface area (Å²) < 4.78 is 0.907. The van der Waals surface area contributed by atoms with E-state index in [1.807, 2.05) is 42.5 Å². The molecule has 1 saturated heterocycles. The number of piperazine rings is 1. The summed E-state index contributed by atoms with van der Waals surface area (Å²) >= 11 is 7.42. The van der Waals surface area contributed by atoms with Crippen molar-refractivity contribution in [2.75, 3.05) is 37.6 Å². The summed E-state index contributed by atoms with van der Waals surface area (Å²) in [6.07, 6.45) is 0.366. The Hall–Kier alpha value is -4.08. The molecule has 6 rings (SSSR count). The molecule has 2 N–H and O–H groups in total. The second kappa shape index (κ2) is 11.4. The molecule has 7 nitrogen and oxygen atoms in total. The highest BCUT2D eigenvalue weighted by molar-refractivity contribution is 8.22. The van der Waals surface area contributed by atoms with Crippen LogP contribution in [0.2, 0.25) is 0 Å². The summed E-state index contributed by atoms with van der Waals surface area (Å²) in [7, 11) is 0. The number of rotatable bonds is 6. The van der Waals surface area contributed by atoms with Crippen LogP contribution in [0.25, 0.3) is 10.8 Å². The molecule has 2 aliphatic heterocycles. The summed E-state index contributed by atoms with van der Waals surface area (Å²) in [5.74, 6) is -0.222. The Balaban J connectivity index is 1.17. The molecule has 4 aromatic carbocycles. The lowest BCUT2D eigenvalue weighted by Crippen LogP contribution is -2.47. The molecule has 208 valence electrons. The average Bonchev–Trinajstić information content (AvgIpc) is 3.00. The Morgan fingerprint density at radius 2 is 1.51 bits per heavy atom. The van der Waals surface area contributed by atoms with E-state index in [-0.39, 0.29) is 29.9 Å². The smallest absolute Gasteiger partial charge is 0.261 e. The largest absolute Gasteiger partial charge is 0.504 e. The van der Waals surface area contributed by atoms with Crippen molar-refractivity contribution in [3.05, 3.63) is 101 Å². The first-order chi connectivity index (χ1) is 19.9. The van der Waals surface area contributed by atoms with Crippen LogP contribution < -0.4 is 4.90 Å². The van der Waals surface area contributed by atoms with E-state index in [1.54, 1.807) is 23.9 Å². The zero-order valence-corrected chi connectivity index (χ0v) is 24.0. The van der Waals surface area contributed by atoms with Crippen LogP contribution in [0.15, 0.2) is 78.9 Å². The Bertz CT molecular complexity index is 1630. The number of hydrogen-bond acceptors (Lipinski definition) is 7. The molecule has 0 spiro atoms. The first-order valence-electron chi connectivity index (χ1n) is 13.5. The van der Waals surface area contributed by atoms with Gasteiger partial charge in [-0.25, -0.2) is 0 Å². The van der Waals surface area contributed by atoms with Crippen molar-refractivity contribution in [3.8, 4) is 11.5 Å². The fourth-order valence-electron chi connectivity index (χ4n) is 5.52. The van der Waals surface area contributed by atoms with Crippen LogP contribution in [0.5, 0.6) is 11.5 Å². The standard InChI is InChI=1S/C32H29N3O4S2/c36-27-12-9-21(19-28(27)37)13-14-35-30(38)24-8-4-7-23-26(11-10-25(29(23)24)31(35)39)33-15-17-34(18-16-33)32(40)41-20-22-5-2-1-3-6-22/h1-12,19,36-37H,13-18,20H2. The molecule has 0 aliphatic carbocycles. The predicted molar refractivity (Wildman–Crippen MR) is 167 cm³/mol. The van der Waals surface area contributed by atoms with Crippen LogP contribution in [0.4, 0.5) is 5.69 Å². The third-order valence-corrected chi connectivity index (χ3v) is 9.31. The molecule has 0 unspecified atom stereocenters. The van der Waals surface area contributed by atoms with Gasteiger partial charge in [0, 0.05) is 66.1 Å². The summed E-state index contributed by atoms with van der Waals surface area (Å²) in [6.45, 7) is 3.37. The number of benzene rings is 4. The number of phenols is 2. The van der Waals surface area contributed by atoms with E-state index in [0.717, 1.165) is 52.9 Å². The van der Waals surface area contributed by atoms with Gasteiger partial charge >= 0.3 is 0 Å². The van der Waals surface area contributed by atoms with Crippen LogP contribution in [-0.4, -0.2) is 68.9 Å². The van der Waals surface area contributed by atoms with Gasteiger partial charge in [0.1, 0.15) is 4.32 Å². The second-order valence-corrected chi connectivity index (χ2v) is 11.8. The molecule has 2 amide bonds. The van der Waals surface area contributed by atoms with Gasteiger partial charge in [-0.3, -0.25) is 14.5 Å². The fraction of sp³-hybridized carbons (Fsp3) is 0.219. The number of hydrogen-bond donors (Lipinski definition) is 2. The van der Waals surface area contributed by atoms with Gasteiger partial charge < -0.3 is 20.0 Å². The topological polar surface area (TPSA) is 84.3 Å². The van der Waals surface area contributed by atoms with Crippen molar-refractivity contribution in [2.45, 2.75) is 12.2 Å². The Kier molecular flexibility index (Phi) is 7.55. The van der Waals surface area contributed by atoms with Gasteiger partial charge in [0.2, 0.25) is 0 Å². The van der Waals surface area contributed by atoms with Gasteiger partial charge in [-0.2, -0.15) is 0 Å². The number of imide groups is 1. The minimum absolute atomic E-state index is 0.170. The van der Waals surface area contributed by atoms with E-state index in [9.17, 15) is 19.8 Å². The first-order valence-corrected chi connectivity index (χ1v) is 14.9. The third kappa shape index (κ3) is 5.35. The number of anilines is 1. The average molecular weight is 584 g/mol. The molecule has 0 bridgehead atoms. The fourth-order valence-corrected chi connectivity index (χ4v) is 6.72. The van der Waals surface area contributed by atoms with Gasteiger partial charge in [0.15, 0.2) is 11.5 Å². The van der Waals surface area contributed by atoms with E-state index >= 15 is 0 Å². The van der Waals surface area contributed by atoms with Crippen molar-refractivity contribution in [2.24, 2.45) is 0 Å². The number of carbonyl (C=O) groups is 2. The molecule has 2 heterocycles. The molecule has 0 radical (unpaired) electrons. The molecule has 0 aromatic heterocycles. The number of nitrogens with zero attached hydrogens (tertiary/aromatic N) is 3. The Labute approximate surface area is 248 Å². The minimum atomic E-state index is -0.321. The molecule has 9 heteroatoms. The van der Waals surface area contributed by atoms with Crippen molar-refractivity contribution >= 4 is 56.6 Å². The van der Waals surface area contributed by atoms with Crippen LogP contribution in [-0.2, 0) is 12.2 Å². The van der Waals surface area contributed by atoms with Gasteiger partial charge in [0.25, 0.3) is 11.8 Å². The Morgan fingerprint density at radius 1 is 0.780 bits per heavy atom. The molecule has 2 aliphatic rings. The molecule has 0 saturated carbocycles. The SMILES string of the molecule is O=C1c2cccc3c(N4CCN(C(=S)SCc5ccccc5)CC4)ccc(c23)C(=O)N1CCc1ccc(O)c(O)c1. The highest BCUT2D eigenvalue weighted by Crippen LogP contribution is 2.37. The summed E-state index contributed by atoms with van der Waals surface area (Å²) in [5.41, 5.74) is 4.03. The summed E-state index contributed by atoms with van der Waals surface area (Å²) in [6, 6.07) is 24.3. The first kappa shape index (κ1) is 27.1. The number of phenolic OH excluding ortho intramolecular Hbond substituents is 2. The monoisotopic (exact) mass is 583 g/mol. The maximum atomic E-state index is 13.5. The minimum Gasteiger partial charge on any atom is -0.504 e. The van der Waals surface area contributed by atoms with Gasteiger partial charge in [0.05, 0.1) is 0 Å². The number of aromatic hydroxyl groups is 2. The van der Waals surface area contributed by atoms with Gasteiger partial charge in [-0.15, -0.1) is 0 Å². The lowest BCUT2D eigenvalue weighted by molar-refractivity contribution is 0.0612. The maximum Gasteiger partial charge on any atom is 0.261 e. The number of thiocarbonyl (C=S) groups is 1. The molecule has 4 aromatic rings. The van der Waals surface area contributed by atoms with Crippen molar-refractivity contribution < 1.29 is 19.8 Å². The lowest BCUT2D eigenvalue weighted by Gasteiger charge is -2.38. The molecule has 0 atom stereocenters. The van der Waals surface area contributed by atoms with Crippen LogP contribution in [0.1, 0.15) is 31.8 Å². The van der Waals surface area contributed by atoms with Crippen LogP contribution in [0, 0.1) is 0 Å². The van der Waals surface area contributed by atoms with E-state index in [2.05, 4.69) is 21.9 Å². The normalized spacial score (nSPS) is 15.1. The lowest BCUT2D eigenvalue weighted by atomic mass is 9.92. The number of carbonyl (C=O) groups excluding carboxylic acids is 2. The van der Waals surface area contributed by atoms with Gasteiger partial charge in [-0.05, 0) is 47.9 Å².